The molecule has 1 aliphatic carbocycles. The minimum atomic E-state index is -0.449. The molecule has 0 aliphatic heterocycles. The molecule has 0 atom stereocenters. The Balaban J connectivity index is 2.05. The molecule has 1 aliphatic rings. The monoisotopic (exact) mass is 311 g/mol. The Kier molecular flexibility index (Phi) is 4.51. The number of amides is 2. The highest BCUT2D eigenvalue weighted by molar-refractivity contribution is 7.09. The van der Waals surface area contributed by atoms with Gasteiger partial charge in [-0.1, -0.05) is 0 Å². The second kappa shape index (κ2) is 6.01. The van der Waals surface area contributed by atoms with Gasteiger partial charge in [-0.05, 0) is 33.6 Å². The summed E-state index contributed by atoms with van der Waals surface area (Å²) in [6.45, 7) is 6.28. The van der Waals surface area contributed by atoms with Crippen molar-refractivity contribution in [3.63, 3.8) is 0 Å². The fourth-order valence-corrected chi connectivity index (χ4v) is 2.63. The lowest BCUT2D eigenvalue weighted by molar-refractivity contribution is 0.0594. The van der Waals surface area contributed by atoms with E-state index in [1.165, 1.54) is 18.4 Å². The van der Waals surface area contributed by atoms with Crippen molar-refractivity contribution in [2.45, 2.75) is 51.7 Å². The highest BCUT2D eigenvalue weighted by Crippen LogP contribution is 2.29. The van der Waals surface area contributed by atoms with Crippen molar-refractivity contribution in [3.05, 3.63) is 16.1 Å². The second-order valence-electron chi connectivity index (χ2n) is 6.16. The molecule has 1 aromatic rings. The van der Waals surface area contributed by atoms with Crippen molar-refractivity contribution >= 4 is 23.3 Å². The van der Waals surface area contributed by atoms with Crippen LogP contribution in [0.2, 0.25) is 0 Å². The van der Waals surface area contributed by atoms with E-state index >= 15 is 0 Å². The van der Waals surface area contributed by atoms with E-state index in [1.54, 1.807) is 10.3 Å². The Bertz CT molecular complexity index is 532. The maximum Gasteiger partial charge on any atom is 0.357 e. The smallest absolute Gasteiger partial charge is 0.357 e. The van der Waals surface area contributed by atoms with Crippen molar-refractivity contribution in [2.24, 2.45) is 0 Å². The van der Waals surface area contributed by atoms with Gasteiger partial charge in [0.2, 0.25) is 0 Å². The topological polar surface area (TPSA) is 71.5 Å². The van der Waals surface area contributed by atoms with Crippen LogP contribution in [0.15, 0.2) is 5.38 Å². The van der Waals surface area contributed by atoms with Crippen LogP contribution in [-0.4, -0.2) is 40.6 Å². The van der Waals surface area contributed by atoms with Crippen LogP contribution in [0.3, 0.4) is 0 Å². The average molecular weight is 311 g/mol. The third-order valence-corrected chi connectivity index (χ3v) is 3.82. The van der Waals surface area contributed by atoms with Crippen LogP contribution in [-0.2, 0) is 11.3 Å². The molecule has 1 fully saturated rings. The normalized spacial score (nSPS) is 14.7. The maximum atomic E-state index is 12.3. The number of nitrogens with one attached hydrogen (secondary N) is 1. The van der Waals surface area contributed by atoms with E-state index in [4.69, 9.17) is 0 Å². The summed E-state index contributed by atoms with van der Waals surface area (Å²) in [6, 6.07) is 0.192. The Morgan fingerprint density at radius 2 is 2.14 bits per heavy atom. The molecule has 1 saturated carbocycles. The van der Waals surface area contributed by atoms with Crippen molar-refractivity contribution in [1.29, 1.82) is 0 Å². The predicted octanol–water partition coefficient (Wildman–Crippen LogP) is 2.40. The van der Waals surface area contributed by atoms with Crippen molar-refractivity contribution in [2.75, 3.05) is 7.11 Å². The van der Waals surface area contributed by atoms with Gasteiger partial charge in [0.05, 0.1) is 13.7 Å². The molecule has 1 heterocycles. The van der Waals surface area contributed by atoms with Crippen LogP contribution in [0, 0.1) is 0 Å². The third kappa shape index (κ3) is 4.42. The summed E-state index contributed by atoms with van der Waals surface area (Å²) in [7, 11) is 1.33. The summed E-state index contributed by atoms with van der Waals surface area (Å²) in [4.78, 5) is 29.8. The summed E-state index contributed by atoms with van der Waals surface area (Å²) in [5.41, 5.74) is 0.0223. The van der Waals surface area contributed by atoms with Gasteiger partial charge in [0.1, 0.15) is 5.01 Å². The molecule has 2 amide bonds. The lowest BCUT2D eigenvalue weighted by Crippen LogP contribution is -2.49. The van der Waals surface area contributed by atoms with E-state index in [0.29, 0.717) is 12.2 Å². The van der Waals surface area contributed by atoms with Gasteiger partial charge in [0.15, 0.2) is 5.69 Å². The number of carbonyl (C=O) groups is 2. The van der Waals surface area contributed by atoms with Crippen LogP contribution in [0.5, 0.6) is 0 Å². The van der Waals surface area contributed by atoms with E-state index in [9.17, 15) is 9.59 Å². The van der Waals surface area contributed by atoms with Gasteiger partial charge < -0.3 is 15.0 Å². The zero-order valence-electron chi connectivity index (χ0n) is 12.8. The molecule has 116 valence electrons. The zero-order valence-corrected chi connectivity index (χ0v) is 13.6. The molecule has 0 radical (unpaired) electrons. The first kappa shape index (κ1) is 15.8. The van der Waals surface area contributed by atoms with E-state index in [-0.39, 0.29) is 17.6 Å². The van der Waals surface area contributed by atoms with Crippen molar-refractivity contribution in [3.8, 4) is 0 Å². The fraction of sp³-hybridized carbons (Fsp3) is 0.643. The number of nitrogens with zero attached hydrogens (tertiary/aromatic N) is 2. The second-order valence-corrected chi connectivity index (χ2v) is 7.10. The minimum absolute atomic E-state index is 0.0835. The molecule has 0 unspecified atom stereocenters. The molecular formula is C14H21N3O3S. The molecule has 6 nitrogen and oxygen atoms in total. The first-order valence-corrected chi connectivity index (χ1v) is 7.79. The van der Waals surface area contributed by atoms with Crippen molar-refractivity contribution in [1.82, 2.24) is 15.2 Å². The fourth-order valence-electron chi connectivity index (χ4n) is 1.87. The van der Waals surface area contributed by atoms with Gasteiger partial charge in [-0.3, -0.25) is 0 Å². The Hall–Kier alpha value is -1.63. The summed E-state index contributed by atoms with van der Waals surface area (Å²) in [6.07, 6.45) is 2.04. The lowest BCUT2D eigenvalue weighted by Gasteiger charge is -2.28. The van der Waals surface area contributed by atoms with Gasteiger partial charge in [0.25, 0.3) is 0 Å². The van der Waals surface area contributed by atoms with E-state index in [0.717, 1.165) is 17.8 Å². The quantitative estimate of drug-likeness (QED) is 0.867. The van der Waals surface area contributed by atoms with Gasteiger partial charge in [-0.2, -0.15) is 0 Å². The van der Waals surface area contributed by atoms with Crippen LogP contribution >= 0.6 is 11.3 Å². The Morgan fingerprint density at radius 3 is 2.67 bits per heavy atom. The molecule has 0 saturated heterocycles. The van der Waals surface area contributed by atoms with E-state index in [1.807, 2.05) is 20.8 Å². The third-order valence-electron chi connectivity index (χ3n) is 2.98. The number of hydrogen-bond acceptors (Lipinski definition) is 5. The Labute approximate surface area is 128 Å². The molecular weight excluding hydrogens is 290 g/mol. The number of thiazole rings is 1. The number of urea groups is 1. The number of methoxy groups -OCH3 is 1. The summed E-state index contributed by atoms with van der Waals surface area (Å²) < 4.78 is 4.64. The first-order valence-electron chi connectivity index (χ1n) is 6.91. The van der Waals surface area contributed by atoms with Gasteiger partial charge >= 0.3 is 12.0 Å². The number of carbonyl (C=O) groups excluding carboxylic acids is 2. The van der Waals surface area contributed by atoms with Crippen molar-refractivity contribution < 1.29 is 14.3 Å². The highest BCUT2D eigenvalue weighted by Gasteiger charge is 2.34. The van der Waals surface area contributed by atoms with Crippen LogP contribution in [0.4, 0.5) is 4.79 Å². The Morgan fingerprint density at radius 1 is 1.48 bits per heavy atom. The predicted molar refractivity (Wildman–Crippen MR) is 80.3 cm³/mol. The van der Waals surface area contributed by atoms with Crippen LogP contribution in [0.1, 0.15) is 49.1 Å². The van der Waals surface area contributed by atoms with Crippen LogP contribution < -0.4 is 5.32 Å². The molecule has 21 heavy (non-hydrogen) atoms. The molecule has 0 bridgehead atoms. The summed E-state index contributed by atoms with van der Waals surface area (Å²) in [5.74, 6) is -0.449. The maximum absolute atomic E-state index is 12.3. The van der Waals surface area contributed by atoms with E-state index < -0.39 is 5.97 Å². The minimum Gasteiger partial charge on any atom is -0.464 e. The average Bonchev–Trinajstić information content (AvgIpc) is 3.11. The standard InChI is InChI=1S/C14H21N3O3S/c1-14(2,3)16-13(19)17(9-5-6-9)7-11-15-10(8-21-11)12(18)20-4/h8-9H,5-7H2,1-4H3,(H,16,19). The highest BCUT2D eigenvalue weighted by atomic mass is 32.1. The largest absolute Gasteiger partial charge is 0.464 e. The number of aromatic nitrogens is 1. The molecule has 2 rings (SSSR count). The van der Waals surface area contributed by atoms with Gasteiger partial charge in [-0.15, -0.1) is 11.3 Å². The SMILES string of the molecule is COC(=O)c1csc(CN(C(=O)NC(C)(C)C)C2CC2)n1. The number of esters is 1. The number of rotatable bonds is 4. The molecule has 1 aromatic heterocycles. The number of ether oxygens (including phenoxy) is 1. The zero-order chi connectivity index (χ0) is 15.6. The molecule has 7 heteroatoms. The molecule has 0 spiro atoms. The van der Waals surface area contributed by atoms with Gasteiger partial charge in [0, 0.05) is 17.0 Å². The molecule has 1 N–H and O–H groups in total. The lowest BCUT2D eigenvalue weighted by atomic mass is 10.1. The van der Waals surface area contributed by atoms with E-state index in [2.05, 4.69) is 15.0 Å². The van der Waals surface area contributed by atoms with Gasteiger partial charge in [-0.25, -0.2) is 14.6 Å². The number of hydrogen-bond donors (Lipinski definition) is 1. The first-order chi connectivity index (χ1) is 9.80. The summed E-state index contributed by atoms with van der Waals surface area (Å²) >= 11 is 1.37. The van der Waals surface area contributed by atoms with Crippen LogP contribution in [0.25, 0.3) is 0 Å². The molecule has 0 aromatic carbocycles. The summed E-state index contributed by atoms with van der Waals surface area (Å²) in [5, 5.41) is 5.38.